The quantitative estimate of drug-likeness (QED) is 0.0166. The maximum Gasteiger partial charge on any atom is 0.353 e. The molecule has 3 aromatic rings. The summed E-state index contributed by atoms with van der Waals surface area (Å²) in [7, 11) is 0. The molecule has 0 radical (unpaired) electrons. The first-order chi connectivity index (χ1) is 42.9. The number of hydrogen-bond acceptors (Lipinski definition) is 20. The van der Waals surface area contributed by atoms with Crippen molar-refractivity contribution >= 4 is 106 Å². The van der Waals surface area contributed by atoms with Gasteiger partial charge in [0, 0.05) is 98.8 Å². The molecule has 3 aromatic carbocycles. The first kappa shape index (κ1) is 71.4. The van der Waals surface area contributed by atoms with Crippen molar-refractivity contribution in [3.8, 4) is 23.0 Å². The molecule has 0 aromatic heterocycles. The van der Waals surface area contributed by atoms with Crippen LogP contribution >= 0.6 is 23.4 Å². The zero-order valence-corrected chi connectivity index (χ0v) is 51.7. The monoisotopic (exact) mass is 1290 g/mol. The van der Waals surface area contributed by atoms with E-state index < -0.39 is 101 Å². The summed E-state index contributed by atoms with van der Waals surface area (Å²) in [5, 5.41) is 23.2. The molecule has 2 aliphatic rings. The minimum absolute atomic E-state index is 0.00687. The highest BCUT2D eigenvalue weighted by Crippen LogP contribution is 2.42. The van der Waals surface area contributed by atoms with E-state index in [1.807, 2.05) is 0 Å². The second-order valence-electron chi connectivity index (χ2n) is 20.3. The Morgan fingerprint density at radius 3 is 1.70 bits per heavy atom. The van der Waals surface area contributed by atoms with Gasteiger partial charge >= 0.3 is 35.8 Å². The molecule has 2 heterocycles. The normalized spacial score (nSPS) is 14.2. The van der Waals surface area contributed by atoms with Crippen LogP contribution in [0.3, 0.4) is 0 Å². The number of carbonyl (C=O) groups excluding carboxylic acids is 13. The number of aliphatic carboxylic acids is 1. The number of hydrogen-bond donors (Lipinski definition) is 6. The van der Waals surface area contributed by atoms with E-state index in [1.165, 1.54) is 53.1 Å². The maximum absolute atomic E-state index is 13.7. The number of nitrogens with one attached hydrogen (secondary N) is 5. The summed E-state index contributed by atoms with van der Waals surface area (Å²) in [6.07, 6.45) is 1.36. The van der Waals surface area contributed by atoms with Crippen LogP contribution in [0.5, 0.6) is 23.0 Å². The van der Waals surface area contributed by atoms with Gasteiger partial charge < -0.3 is 60.4 Å². The largest absolute Gasteiger partial charge is 0.477 e. The molecule has 3 unspecified atom stereocenters. The van der Waals surface area contributed by atoms with Crippen molar-refractivity contribution in [1.29, 1.82) is 0 Å². The lowest BCUT2D eigenvalue weighted by molar-refractivity contribution is -0.196. The number of benzene rings is 3. The van der Waals surface area contributed by atoms with Gasteiger partial charge in [-0.05, 0) is 74.8 Å². The molecule has 90 heavy (non-hydrogen) atoms. The van der Waals surface area contributed by atoms with Gasteiger partial charge in [-0.3, -0.25) is 67.2 Å². The zero-order valence-electron chi connectivity index (χ0n) is 50.1. The number of rotatable bonds is 33. The van der Waals surface area contributed by atoms with Crippen LogP contribution < -0.4 is 45.5 Å². The van der Waals surface area contributed by atoms with Crippen molar-refractivity contribution in [3.05, 3.63) is 94.1 Å². The number of halogens is 1. The third kappa shape index (κ3) is 22.0. The number of nitrogens with zero attached hydrogens (tertiary/aromatic N) is 3. The molecule has 5 rings (SSSR count). The van der Waals surface area contributed by atoms with Gasteiger partial charge in [-0.15, -0.1) is 11.8 Å². The second-order valence-corrected chi connectivity index (χ2v) is 21.9. The summed E-state index contributed by atoms with van der Waals surface area (Å²) in [4.78, 5) is 185. The van der Waals surface area contributed by atoms with E-state index in [2.05, 4.69) is 26.6 Å². The Labute approximate surface area is 526 Å². The lowest BCUT2D eigenvalue weighted by Gasteiger charge is -2.49. The fourth-order valence-electron chi connectivity index (χ4n) is 9.16. The van der Waals surface area contributed by atoms with Crippen molar-refractivity contribution < 1.29 is 96.0 Å². The Morgan fingerprint density at radius 1 is 0.589 bits per heavy atom. The maximum atomic E-state index is 13.7. The molecule has 6 N–H and O–H groups in total. The smallest absolute Gasteiger partial charge is 0.353 e. The van der Waals surface area contributed by atoms with Crippen molar-refractivity contribution in [3.63, 3.8) is 0 Å². The number of fused-ring (bicyclic) bond motifs is 1. The molecule has 0 spiro atoms. The first-order valence-electron chi connectivity index (χ1n) is 28.7. The van der Waals surface area contributed by atoms with Crippen molar-refractivity contribution in [2.24, 2.45) is 0 Å². The Kier molecular flexibility index (Phi) is 28.2. The molecular weight excluding hydrogens is 1220 g/mol. The van der Waals surface area contributed by atoms with Crippen molar-refractivity contribution in [2.45, 2.75) is 123 Å². The number of carboxylic acids is 1. The molecule has 0 saturated carbocycles. The Balaban J connectivity index is 1.08. The summed E-state index contributed by atoms with van der Waals surface area (Å²) in [6, 6.07) is 14.2. The SMILES string of the molecule is CC(=O)Oc1cccc(C(=O)NCCCCN(CCCNC(=O)c2cccc(OC(C)=O)c2OC(C)=O)C(=O)CCC(=O)NCCCCCN(OC(C)=O)C(=O)CCCC(=O)NC(C(=O)NC2C(=O)N3C(C(=O)O)=C(Cl)CSC23)c2ccccc2)c1OC(C)=O. The predicted octanol–water partition coefficient (Wildman–Crippen LogP) is 3.88. The van der Waals surface area contributed by atoms with Crippen LogP contribution in [0.2, 0.25) is 0 Å². The van der Waals surface area contributed by atoms with Crippen molar-refractivity contribution in [2.75, 3.05) is 45.0 Å². The van der Waals surface area contributed by atoms with Crippen LogP contribution in [-0.2, 0) is 62.4 Å². The highest BCUT2D eigenvalue weighted by molar-refractivity contribution is 8.00. The van der Waals surface area contributed by atoms with Gasteiger partial charge in [0.15, 0.2) is 23.0 Å². The van der Waals surface area contributed by atoms with Gasteiger partial charge in [0.25, 0.3) is 23.6 Å². The molecule has 0 aliphatic carbocycles. The van der Waals surface area contributed by atoms with Gasteiger partial charge in [0.1, 0.15) is 23.2 Å². The number of amides is 8. The standard InChI is InChI=1S/C60H71ClN8O20S/c1-35(70)85-44-22-14-20-41(53(44)87-37(3)72)55(79)63-29-11-13-31-67(32-17-30-64-56(80)42-21-15-23-45(86-36(2)71)54(42)88-38(4)73)48(77)27-26-46(75)62-28-10-7-12-33-68(89-39(5)74)49(78)25-16-24-47(76)65-50(40-18-8-6-9-19-40)57(81)66-51-58(82)69-52(60(83)84)43(61)34-90-59(51)69/h6,8-9,14-15,18-23,50-51,59H,7,10-13,16-17,24-34H2,1-5H3,(H,62,75)(H,63,79)(H,64,80)(H,65,76)(H,66,81)(H,83,84). The molecule has 1 saturated heterocycles. The van der Waals surface area contributed by atoms with E-state index in [1.54, 1.807) is 30.3 Å². The number of para-hydroxylation sites is 2. The van der Waals surface area contributed by atoms with Crippen LogP contribution in [-0.4, -0.2) is 159 Å². The van der Waals surface area contributed by atoms with Gasteiger partial charge in [0.05, 0.1) is 22.7 Å². The minimum Gasteiger partial charge on any atom is -0.477 e. The lowest BCUT2D eigenvalue weighted by Crippen LogP contribution is -2.71. The molecule has 28 nitrogen and oxygen atoms in total. The Morgan fingerprint density at radius 2 is 1.13 bits per heavy atom. The third-order valence-corrected chi connectivity index (χ3v) is 14.9. The zero-order chi connectivity index (χ0) is 66.0. The van der Waals surface area contributed by atoms with Crippen molar-refractivity contribution in [1.82, 2.24) is 41.4 Å². The summed E-state index contributed by atoms with van der Waals surface area (Å²) in [5.41, 5.74) is -0.127. The molecule has 2 aliphatic heterocycles. The van der Waals surface area contributed by atoms with E-state index >= 15 is 0 Å². The highest BCUT2D eigenvalue weighted by Gasteiger charge is 2.54. The van der Waals surface area contributed by atoms with Gasteiger partial charge in [-0.1, -0.05) is 54.1 Å². The van der Waals surface area contributed by atoms with Crippen LogP contribution in [0.15, 0.2) is 77.5 Å². The number of ether oxygens (including phenoxy) is 4. The first-order valence-corrected chi connectivity index (χ1v) is 30.1. The van der Waals surface area contributed by atoms with Gasteiger partial charge in [-0.2, -0.15) is 5.06 Å². The van der Waals surface area contributed by atoms with E-state index in [0.717, 1.165) is 44.6 Å². The number of carboxylic acid groups (broad SMARTS) is 1. The minimum atomic E-state index is -1.38. The number of hydroxylamine groups is 2. The second kappa shape index (κ2) is 35.6. The van der Waals surface area contributed by atoms with E-state index in [0.29, 0.717) is 37.7 Å². The number of esters is 4. The Bertz CT molecular complexity index is 3240. The number of β-lactam (4-membered cyclic amide) rings is 1. The Hall–Kier alpha value is -9.38. The van der Waals surface area contributed by atoms with E-state index in [9.17, 15) is 72.2 Å². The molecule has 8 amide bonds. The fourth-order valence-corrected chi connectivity index (χ4v) is 10.7. The van der Waals surface area contributed by atoms with Gasteiger partial charge in [-0.25, -0.2) is 4.79 Å². The molecule has 30 heteroatoms. The molecule has 484 valence electrons. The lowest BCUT2D eigenvalue weighted by atomic mass is 10.0. The topological polar surface area (TPSA) is 375 Å². The molecular formula is C60H71ClN8O20S. The average molecular weight is 1290 g/mol. The average Bonchev–Trinajstić information content (AvgIpc) is 0.756. The summed E-state index contributed by atoms with van der Waals surface area (Å²) in [5.74, 6) is -10.5. The summed E-state index contributed by atoms with van der Waals surface area (Å²) >= 11 is 7.25. The summed E-state index contributed by atoms with van der Waals surface area (Å²) < 4.78 is 20.6. The van der Waals surface area contributed by atoms with Crippen LogP contribution in [0, 0.1) is 0 Å². The molecule has 0 bridgehead atoms. The number of unbranched alkanes of at least 4 members (excludes halogenated alkanes) is 3. The van der Waals surface area contributed by atoms with E-state index in [4.69, 9.17) is 35.4 Å². The number of carbonyl (C=O) groups is 14. The predicted molar refractivity (Wildman–Crippen MR) is 320 cm³/mol. The van der Waals surface area contributed by atoms with Crippen LogP contribution in [0.4, 0.5) is 0 Å². The third-order valence-electron chi connectivity index (χ3n) is 13.2. The highest BCUT2D eigenvalue weighted by atomic mass is 35.5. The van der Waals surface area contributed by atoms with E-state index in [-0.39, 0.29) is 128 Å². The summed E-state index contributed by atoms with van der Waals surface area (Å²) in [6.45, 7) is 6.25. The van der Waals surface area contributed by atoms with Crippen LogP contribution in [0.1, 0.15) is 138 Å². The number of thioether (sulfide) groups is 1. The van der Waals surface area contributed by atoms with Crippen LogP contribution in [0.25, 0.3) is 0 Å². The van der Waals surface area contributed by atoms with Gasteiger partial charge in [0.2, 0.25) is 23.6 Å². The molecule has 1 fully saturated rings. The fraction of sp³-hybridized carbons (Fsp3) is 0.433. The molecule has 3 atom stereocenters.